The minimum absolute atomic E-state index is 0.101. The maximum atomic E-state index is 2.48. The van der Waals surface area contributed by atoms with Gasteiger partial charge in [-0.3, -0.25) is 0 Å². The summed E-state index contributed by atoms with van der Waals surface area (Å²) in [6, 6.07) is 90.9. The molecule has 0 unspecified atom stereocenters. The Hall–Kier alpha value is -8.28. The van der Waals surface area contributed by atoms with E-state index in [9.17, 15) is 0 Å². The van der Waals surface area contributed by atoms with Crippen LogP contribution in [0.15, 0.2) is 262 Å². The third-order valence-electron chi connectivity index (χ3n) is 15.6. The summed E-state index contributed by atoms with van der Waals surface area (Å²) < 4.78 is 0. The van der Waals surface area contributed by atoms with E-state index in [2.05, 4.69) is 266 Å². The molecule has 2 heterocycles. The van der Waals surface area contributed by atoms with Crippen LogP contribution in [0.3, 0.4) is 0 Å². The second-order valence-corrected chi connectivity index (χ2v) is 22.2. The molecule has 0 aromatic heterocycles. The van der Waals surface area contributed by atoms with E-state index in [-0.39, 0.29) is 5.41 Å². The van der Waals surface area contributed by atoms with Crippen molar-refractivity contribution in [2.45, 2.75) is 38.8 Å². The van der Waals surface area contributed by atoms with Crippen molar-refractivity contribution in [3.8, 4) is 44.5 Å². The minimum Gasteiger partial charge on any atom is -0.308 e. The molecule has 2 nitrogen and oxygen atoms in total. The average Bonchev–Trinajstić information content (AvgIpc) is 3.69. The van der Waals surface area contributed by atoms with Gasteiger partial charge in [0.05, 0.1) is 22.7 Å². The molecule has 0 amide bonds. The van der Waals surface area contributed by atoms with Gasteiger partial charge in [-0.05, 0) is 173 Å². The number of fused-ring (bicyclic) bond motifs is 10. The first kappa shape index (κ1) is 42.4. The predicted molar refractivity (Wildman–Crippen MR) is 310 cm³/mol. The Morgan fingerprint density at radius 3 is 1.41 bits per heavy atom. The standard InChI is InChI=1S/C69H46N2S2/c1-69(2)57-24-6-5-22-50(57)51-36-33-45(40-58(51)69)44-19-15-20-46(39-44)67-53-37-34-48(71-61-27-9-13-31-65(61)73-66-32-14-10-28-62(66)71)42-56(53)68(52-23-16-18-43-17-3-4-21-49(43)52)54-38-35-47(41-55(54)67)70-59-25-7-11-29-63(59)72-64-30-12-8-26-60(64)70/h3-42H,1-2H3. The van der Waals surface area contributed by atoms with E-state index >= 15 is 0 Å². The van der Waals surface area contributed by atoms with Crippen LogP contribution >= 0.6 is 23.5 Å². The third-order valence-corrected chi connectivity index (χ3v) is 17.9. The van der Waals surface area contributed by atoms with Crippen molar-refractivity contribution >= 4 is 90.0 Å². The van der Waals surface area contributed by atoms with Gasteiger partial charge in [0.1, 0.15) is 0 Å². The maximum absolute atomic E-state index is 2.48. The molecule has 15 rings (SSSR count). The van der Waals surface area contributed by atoms with Crippen LogP contribution in [0, 0.1) is 0 Å². The first-order valence-electron chi connectivity index (χ1n) is 25.2. The second-order valence-electron chi connectivity index (χ2n) is 20.0. The molecule has 0 saturated carbocycles. The molecular formula is C69H46N2S2. The summed E-state index contributed by atoms with van der Waals surface area (Å²) in [7, 11) is 0. The lowest BCUT2D eigenvalue weighted by Gasteiger charge is -2.34. The Bertz CT molecular complexity index is 4190. The fraction of sp³-hybridized carbons (Fsp3) is 0.0435. The second kappa shape index (κ2) is 16.4. The Kier molecular flexibility index (Phi) is 9.51. The van der Waals surface area contributed by atoms with E-state index in [1.165, 1.54) is 130 Å². The highest BCUT2D eigenvalue weighted by Gasteiger charge is 2.35. The largest absolute Gasteiger partial charge is 0.308 e. The molecule has 3 aliphatic rings. The van der Waals surface area contributed by atoms with Crippen LogP contribution in [-0.4, -0.2) is 0 Å². The van der Waals surface area contributed by atoms with Crippen LogP contribution in [0.25, 0.3) is 76.8 Å². The van der Waals surface area contributed by atoms with Crippen molar-refractivity contribution in [3.63, 3.8) is 0 Å². The lowest BCUT2D eigenvalue weighted by atomic mass is 9.81. The normalized spacial score (nSPS) is 13.8. The van der Waals surface area contributed by atoms with E-state index in [1.807, 2.05) is 23.5 Å². The van der Waals surface area contributed by atoms with Crippen molar-refractivity contribution in [2.75, 3.05) is 9.80 Å². The van der Waals surface area contributed by atoms with Crippen LogP contribution in [0.4, 0.5) is 34.1 Å². The molecule has 12 aromatic rings. The van der Waals surface area contributed by atoms with Crippen LogP contribution in [0.2, 0.25) is 0 Å². The smallest absolute Gasteiger partial charge is 0.0601 e. The van der Waals surface area contributed by atoms with E-state index in [0.717, 1.165) is 11.4 Å². The molecular weight excluding hydrogens is 921 g/mol. The zero-order chi connectivity index (χ0) is 48.4. The summed E-state index contributed by atoms with van der Waals surface area (Å²) in [6.45, 7) is 4.74. The van der Waals surface area contributed by atoms with Gasteiger partial charge in [0.25, 0.3) is 0 Å². The molecule has 0 atom stereocenters. The number of benzene rings is 12. The molecule has 0 N–H and O–H groups in total. The van der Waals surface area contributed by atoms with Crippen molar-refractivity contribution in [3.05, 3.63) is 254 Å². The number of hydrogen-bond donors (Lipinski definition) is 0. The first-order chi connectivity index (χ1) is 36.0. The summed E-state index contributed by atoms with van der Waals surface area (Å²) in [5, 5.41) is 7.31. The lowest BCUT2D eigenvalue weighted by Crippen LogP contribution is -2.15. The molecule has 2 aliphatic heterocycles. The molecule has 0 spiro atoms. The Morgan fingerprint density at radius 2 is 0.767 bits per heavy atom. The van der Waals surface area contributed by atoms with Crippen molar-refractivity contribution < 1.29 is 0 Å². The van der Waals surface area contributed by atoms with Gasteiger partial charge in [-0.15, -0.1) is 0 Å². The van der Waals surface area contributed by atoms with Crippen LogP contribution < -0.4 is 9.80 Å². The van der Waals surface area contributed by atoms with E-state index in [4.69, 9.17) is 0 Å². The molecule has 344 valence electrons. The quantitative estimate of drug-likeness (QED) is 0.159. The monoisotopic (exact) mass is 966 g/mol. The number of hydrogen-bond acceptors (Lipinski definition) is 4. The molecule has 0 saturated heterocycles. The zero-order valence-electron chi connectivity index (χ0n) is 40.3. The topological polar surface area (TPSA) is 6.48 Å². The Balaban J connectivity index is 1.03. The highest BCUT2D eigenvalue weighted by molar-refractivity contribution is 8.00. The number of rotatable bonds is 5. The predicted octanol–water partition coefficient (Wildman–Crippen LogP) is 20.3. The number of para-hydroxylation sites is 4. The van der Waals surface area contributed by atoms with Gasteiger partial charge >= 0.3 is 0 Å². The van der Waals surface area contributed by atoms with Gasteiger partial charge in [-0.1, -0.05) is 195 Å². The highest BCUT2D eigenvalue weighted by Crippen LogP contribution is 2.56. The van der Waals surface area contributed by atoms with Gasteiger partial charge in [-0.25, -0.2) is 0 Å². The maximum Gasteiger partial charge on any atom is 0.0601 e. The molecule has 4 heteroatoms. The molecule has 12 aromatic carbocycles. The van der Waals surface area contributed by atoms with Gasteiger partial charge in [0.15, 0.2) is 0 Å². The summed E-state index contributed by atoms with van der Waals surface area (Å²) in [6.07, 6.45) is 0. The summed E-state index contributed by atoms with van der Waals surface area (Å²) in [5.74, 6) is 0. The zero-order valence-corrected chi connectivity index (χ0v) is 41.9. The van der Waals surface area contributed by atoms with Crippen LogP contribution in [0.5, 0.6) is 0 Å². The molecule has 0 radical (unpaired) electrons. The van der Waals surface area contributed by atoms with E-state index in [0.29, 0.717) is 0 Å². The summed E-state index contributed by atoms with van der Waals surface area (Å²) >= 11 is 3.70. The Morgan fingerprint density at radius 1 is 0.301 bits per heavy atom. The summed E-state index contributed by atoms with van der Waals surface area (Å²) in [4.78, 5) is 9.93. The van der Waals surface area contributed by atoms with Crippen LogP contribution in [-0.2, 0) is 5.41 Å². The van der Waals surface area contributed by atoms with Crippen molar-refractivity contribution in [1.82, 2.24) is 0 Å². The van der Waals surface area contributed by atoms with Crippen LogP contribution in [0.1, 0.15) is 25.0 Å². The fourth-order valence-electron chi connectivity index (χ4n) is 12.2. The van der Waals surface area contributed by atoms with Gasteiger partial charge in [-0.2, -0.15) is 0 Å². The molecule has 0 bridgehead atoms. The molecule has 1 aliphatic carbocycles. The molecule has 73 heavy (non-hydrogen) atoms. The lowest BCUT2D eigenvalue weighted by molar-refractivity contribution is 0.660. The van der Waals surface area contributed by atoms with Gasteiger partial charge in [0, 0.05) is 36.4 Å². The van der Waals surface area contributed by atoms with Gasteiger partial charge < -0.3 is 9.80 Å². The fourth-order valence-corrected chi connectivity index (χ4v) is 14.3. The highest BCUT2D eigenvalue weighted by atomic mass is 32.2. The average molecular weight is 967 g/mol. The summed E-state index contributed by atoms with van der Waals surface area (Å²) in [5.41, 5.74) is 19.7. The number of nitrogens with zero attached hydrogens (tertiary/aromatic N) is 2. The number of anilines is 6. The molecule has 0 fully saturated rings. The van der Waals surface area contributed by atoms with Crippen molar-refractivity contribution in [2.24, 2.45) is 0 Å². The van der Waals surface area contributed by atoms with Crippen molar-refractivity contribution in [1.29, 1.82) is 0 Å². The van der Waals surface area contributed by atoms with E-state index in [1.54, 1.807) is 0 Å². The van der Waals surface area contributed by atoms with E-state index < -0.39 is 0 Å². The Labute approximate surface area is 434 Å². The SMILES string of the molecule is CC1(C)c2ccccc2-c2ccc(-c3cccc(-c4c5cc(N6c7ccccc7Sc7ccccc76)ccc5c(-c5cccc6ccccc56)c5cc(N6c7ccccc7Sc7ccccc76)ccc45)c3)cc21. The first-order valence-corrected chi connectivity index (χ1v) is 26.8. The van der Waals surface area contributed by atoms with Gasteiger partial charge in [0.2, 0.25) is 0 Å². The minimum atomic E-state index is -0.101. The third kappa shape index (κ3) is 6.54.